The summed E-state index contributed by atoms with van der Waals surface area (Å²) in [5.41, 5.74) is 7.03. The summed E-state index contributed by atoms with van der Waals surface area (Å²) in [6.07, 6.45) is 2.23. The molecule has 1 saturated heterocycles. The van der Waals surface area contributed by atoms with Gasteiger partial charge in [0.1, 0.15) is 5.69 Å². The van der Waals surface area contributed by atoms with Crippen LogP contribution in [0, 0.1) is 0 Å². The minimum Gasteiger partial charge on any atom is -0.463 e. The first kappa shape index (κ1) is 19.1. The van der Waals surface area contributed by atoms with Gasteiger partial charge in [-0.1, -0.05) is 17.7 Å². The molecule has 0 saturated carbocycles. The van der Waals surface area contributed by atoms with Crippen molar-refractivity contribution in [3.05, 3.63) is 59.4 Å². The number of carbonyl (C=O) groups is 2. The van der Waals surface area contributed by atoms with Gasteiger partial charge in [-0.3, -0.25) is 4.79 Å². The number of benzene rings is 1. The van der Waals surface area contributed by atoms with E-state index in [4.69, 9.17) is 21.8 Å². The average Bonchev–Trinajstić information content (AvgIpc) is 3.31. The lowest BCUT2D eigenvalue weighted by atomic mass is 10.2. The first-order chi connectivity index (χ1) is 14.0. The Morgan fingerprint density at radius 2 is 1.83 bits per heavy atom. The largest absolute Gasteiger partial charge is 0.463 e. The number of amides is 3. The molecule has 9 heteroatoms. The lowest BCUT2D eigenvalue weighted by Crippen LogP contribution is -2.39. The molecule has 0 unspecified atom stereocenters. The molecule has 0 bridgehead atoms. The summed E-state index contributed by atoms with van der Waals surface area (Å²) in [7, 11) is 0. The quantitative estimate of drug-likeness (QED) is 0.713. The molecule has 3 heterocycles. The molecule has 2 N–H and O–H groups in total. The average molecular weight is 414 g/mol. The van der Waals surface area contributed by atoms with Gasteiger partial charge in [-0.2, -0.15) is 5.10 Å². The van der Waals surface area contributed by atoms with Crippen molar-refractivity contribution in [3.63, 3.8) is 0 Å². The highest BCUT2D eigenvalue weighted by atomic mass is 35.5. The van der Waals surface area contributed by atoms with Crippen molar-refractivity contribution in [2.45, 2.75) is 6.42 Å². The van der Waals surface area contributed by atoms with E-state index in [1.54, 1.807) is 45.0 Å². The summed E-state index contributed by atoms with van der Waals surface area (Å²) in [6, 6.07) is 12.0. The van der Waals surface area contributed by atoms with Gasteiger partial charge in [-0.25, -0.2) is 9.48 Å². The van der Waals surface area contributed by atoms with Crippen LogP contribution in [0.15, 0.2) is 53.1 Å². The van der Waals surface area contributed by atoms with E-state index in [0.29, 0.717) is 54.8 Å². The van der Waals surface area contributed by atoms with Gasteiger partial charge < -0.3 is 20.0 Å². The van der Waals surface area contributed by atoms with Crippen molar-refractivity contribution < 1.29 is 14.0 Å². The van der Waals surface area contributed by atoms with Gasteiger partial charge in [0.05, 0.1) is 12.0 Å². The molecular weight excluding hydrogens is 394 g/mol. The van der Waals surface area contributed by atoms with Gasteiger partial charge in [0.2, 0.25) is 0 Å². The highest BCUT2D eigenvalue weighted by molar-refractivity contribution is 6.30. The predicted molar refractivity (Wildman–Crippen MR) is 108 cm³/mol. The molecule has 0 aliphatic carbocycles. The number of nitrogens with zero attached hydrogens (tertiary/aromatic N) is 4. The van der Waals surface area contributed by atoms with E-state index < -0.39 is 6.03 Å². The van der Waals surface area contributed by atoms with Gasteiger partial charge in [-0.05, 0) is 36.8 Å². The number of carbonyl (C=O) groups excluding carboxylic acids is 2. The maximum absolute atomic E-state index is 13.1. The van der Waals surface area contributed by atoms with E-state index in [-0.39, 0.29) is 5.91 Å². The van der Waals surface area contributed by atoms with E-state index in [9.17, 15) is 9.59 Å². The van der Waals surface area contributed by atoms with Crippen LogP contribution in [-0.4, -0.2) is 57.7 Å². The molecular formula is C20H20ClN5O3. The van der Waals surface area contributed by atoms with Crippen LogP contribution >= 0.6 is 11.6 Å². The van der Waals surface area contributed by atoms with Gasteiger partial charge in [0.15, 0.2) is 11.5 Å². The highest BCUT2D eigenvalue weighted by Gasteiger charge is 2.25. The summed E-state index contributed by atoms with van der Waals surface area (Å²) in [6.45, 7) is 1.87. The molecule has 1 fully saturated rings. The summed E-state index contributed by atoms with van der Waals surface area (Å²) >= 11 is 6.14. The molecule has 2 aromatic heterocycles. The Morgan fingerprint density at radius 3 is 2.55 bits per heavy atom. The van der Waals surface area contributed by atoms with Crippen LogP contribution in [0.5, 0.6) is 0 Å². The number of rotatable bonds is 3. The third-order valence-electron chi connectivity index (χ3n) is 4.85. The molecule has 1 aromatic carbocycles. The second-order valence-electron chi connectivity index (χ2n) is 6.75. The number of hydrogen-bond donors (Lipinski definition) is 1. The van der Waals surface area contributed by atoms with Crippen molar-refractivity contribution in [2.24, 2.45) is 5.73 Å². The fraction of sp³-hybridized carbons (Fsp3) is 0.250. The molecule has 0 spiro atoms. The molecule has 8 nitrogen and oxygen atoms in total. The smallest absolute Gasteiger partial charge is 0.314 e. The van der Waals surface area contributed by atoms with E-state index >= 15 is 0 Å². The fourth-order valence-electron chi connectivity index (χ4n) is 3.39. The maximum atomic E-state index is 13.1. The number of furan rings is 1. The zero-order valence-corrected chi connectivity index (χ0v) is 16.4. The van der Waals surface area contributed by atoms with Gasteiger partial charge in [-0.15, -0.1) is 0 Å². The van der Waals surface area contributed by atoms with E-state index in [0.717, 1.165) is 5.69 Å². The van der Waals surface area contributed by atoms with Crippen LogP contribution in [0.3, 0.4) is 0 Å². The van der Waals surface area contributed by atoms with Crippen LogP contribution in [0.1, 0.15) is 16.9 Å². The molecule has 3 aromatic rings. The van der Waals surface area contributed by atoms with Crippen LogP contribution in [0.4, 0.5) is 4.79 Å². The summed E-state index contributed by atoms with van der Waals surface area (Å²) in [5.74, 6) is 0.386. The molecule has 150 valence electrons. The van der Waals surface area contributed by atoms with E-state index in [1.807, 2.05) is 18.2 Å². The number of hydrogen-bond acceptors (Lipinski definition) is 4. The highest BCUT2D eigenvalue weighted by Crippen LogP contribution is 2.26. The normalized spacial score (nSPS) is 14.7. The van der Waals surface area contributed by atoms with Gasteiger partial charge in [0.25, 0.3) is 5.91 Å². The number of aromatic nitrogens is 2. The van der Waals surface area contributed by atoms with Crippen molar-refractivity contribution in [2.75, 3.05) is 26.2 Å². The fourth-order valence-corrected chi connectivity index (χ4v) is 3.58. The van der Waals surface area contributed by atoms with Crippen molar-refractivity contribution in [1.82, 2.24) is 19.6 Å². The van der Waals surface area contributed by atoms with E-state index in [1.165, 1.54) is 0 Å². The minimum absolute atomic E-state index is 0.204. The molecule has 29 heavy (non-hydrogen) atoms. The zero-order chi connectivity index (χ0) is 20.4. The Labute approximate surface area is 172 Å². The molecule has 0 radical (unpaired) electrons. The Balaban J connectivity index is 1.67. The van der Waals surface area contributed by atoms with Crippen LogP contribution in [0.25, 0.3) is 17.1 Å². The standard InChI is InChI=1S/C20H20ClN5O3/c21-14-4-1-5-15(12-14)26-17(18-6-2-11-29-18)13-16(23-26)19(27)24-7-3-8-25(10-9-24)20(22)28/h1-2,4-6,11-13H,3,7-10H2,(H2,22,28). The maximum Gasteiger partial charge on any atom is 0.314 e. The topological polar surface area (TPSA) is 97.6 Å². The summed E-state index contributed by atoms with van der Waals surface area (Å²) in [4.78, 5) is 27.8. The number of urea groups is 1. The molecule has 3 amide bonds. The van der Waals surface area contributed by atoms with Gasteiger partial charge >= 0.3 is 6.03 Å². The second kappa shape index (κ2) is 8.00. The zero-order valence-electron chi connectivity index (χ0n) is 15.6. The monoisotopic (exact) mass is 413 g/mol. The number of halogens is 1. The lowest BCUT2D eigenvalue weighted by molar-refractivity contribution is 0.0756. The van der Waals surface area contributed by atoms with Crippen LogP contribution in [-0.2, 0) is 0 Å². The first-order valence-corrected chi connectivity index (χ1v) is 9.64. The minimum atomic E-state index is -0.468. The Bertz CT molecular complexity index is 1030. The second-order valence-corrected chi connectivity index (χ2v) is 7.19. The number of primary amides is 1. The number of nitrogens with two attached hydrogens (primary N) is 1. The molecule has 1 aliphatic heterocycles. The molecule has 1 aliphatic rings. The Morgan fingerprint density at radius 1 is 1.03 bits per heavy atom. The third-order valence-corrected chi connectivity index (χ3v) is 5.08. The molecule has 4 rings (SSSR count). The van der Waals surface area contributed by atoms with Crippen molar-refractivity contribution in [3.8, 4) is 17.1 Å². The van der Waals surface area contributed by atoms with Crippen LogP contribution in [0.2, 0.25) is 5.02 Å². The predicted octanol–water partition coefficient (Wildman–Crippen LogP) is 3.01. The SMILES string of the molecule is NC(=O)N1CCCN(C(=O)c2cc(-c3ccco3)n(-c3cccc(Cl)c3)n2)CC1. The van der Waals surface area contributed by atoms with Crippen LogP contribution < -0.4 is 5.73 Å². The van der Waals surface area contributed by atoms with Crippen molar-refractivity contribution in [1.29, 1.82) is 0 Å². The van der Waals surface area contributed by atoms with E-state index in [2.05, 4.69) is 5.10 Å². The first-order valence-electron chi connectivity index (χ1n) is 9.26. The lowest BCUT2D eigenvalue weighted by Gasteiger charge is -2.20. The van der Waals surface area contributed by atoms with Gasteiger partial charge in [0, 0.05) is 37.3 Å². The Hall–Kier alpha value is -3.26. The Kier molecular flexibility index (Phi) is 5.26. The third kappa shape index (κ3) is 3.97. The summed E-state index contributed by atoms with van der Waals surface area (Å²) < 4.78 is 7.18. The van der Waals surface area contributed by atoms with Crippen molar-refractivity contribution >= 4 is 23.5 Å². The summed E-state index contributed by atoms with van der Waals surface area (Å²) in [5, 5.41) is 5.10. The molecule has 0 atom stereocenters.